The van der Waals surface area contributed by atoms with Crippen molar-refractivity contribution in [3.8, 4) is 22.5 Å². The third kappa shape index (κ3) is 22.5. The number of aryl methyl sites for hydroxylation is 5. The van der Waals surface area contributed by atoms with Crippen molar-refractivity contribution in [1.29, 1.82) is 0 Å². The Morgan fingerprint density at radius 1 is 0.504 bits per heavy atom. The molecule has 13 aliphatic carbocycles. The number of aromatic nitrogens is 2. The monoisotopic (exact) mass is 2110 g/mol. The molecule has 5 N–H and O–H groups in total. The number of nitrogens with two attached hydrogens (primary N) is 1. The van der Waals surface area contributed by atoms with Gasteiger partial charge in [-0.2, -0.15) is 0 Å². The van der Waals surface area contributed by atoms with Crippen LogP contribution in [0.15, 0.2) is 133 Å². The van der Waals surface area contributed by atoms with E-state index in [4.69, 9.17) is 28.0 Å². The van der Waals surface area contributed by atoms with Crippen molar-refractivity contribution in [2.24, 2.45) is 119 Å². The average Bonchev–Trinajstić information content (AvgIpc) is 1.58. The molecule has 8 aromatic rings. The summed E-state index contributed by atoms with van der Waals surface area (Å²) >= 11 is 4.47. The van der Waals surface area contributed by atoms with E-state index in [1.807, 2.05) is 55.5 Å². The molecule has 2 saturated heterocycles. The zero-order valence-electron chi connectivity index (χ0n) is 76.0. The number of rotatable bonds is 1. The number of nitrogens with zero attached hydrogens (tertiary/aromatic N) is 3. The van der Waals surface area contributed by atoms with Gasteiger partial charge in [-0.3, -0.25) is 20.4 Å². The van der Waals surface area contributed by atoms with Gasteiger partial charge in [-0.25, -0.2) is 0 Å². The van der Waals surface area contributed by atoms with E-state index in [0.29, 0.717) is 25.5 Å². The fraction of sp³-hybridized carbons (Fsp3) is 0.590. The summed E-state index contributed by atoms with van der Waals surface area (Å²) in [4.78, 5) is 20.3. The number of aliphatic hydroxyl groups excluding tert-OH is 1. The van der Waals surface area contributed by atoms with Gasteiger partial charge in [0.25, 0.3) is 0 Å². The third-order valence-electron chi connectivity index (χ3n) is 32.7. The van der Waals surface area contributed by atoms with Gasteiger partial charge in [-0.1, -0.05) is 206 Å². The molecule has 0 bridgehead atoms. The van der Waals surface area contributed by atoms with E-state index in [1.165, 1.54) is 159 Å². The first-order valence-electron chi connectivity index (χ1n) is 46.2. The van der Waals surface area contributed by atoms with E-state index in [0.717, 1.165) is 161 Å². The van der Waals surface area contributed by atoms with Crippen LogP contribution in [0.5, 0.6) is 0 Å². The maximum absolute atomic E-state index is 11.1. The molecule has 15 aliphatic rings. The van der Waals surface area contributed by atoms with E-state index < -0.39 is 20.8 Å². The number of fused-ring (bicyclic) bond motifs is 26. The maximum atomic E-state index is 11.1. The molecule has 0 spiro atoms. The Morgan fingerprint density at radius 2 is 0.942 bits per heavy atom. The second-order valence-corrected chi connectivity index (χ2v) is 59.2. The minimum Gasteiger partial charge on any atom is 1.00 e. The Hall–Kier alpha value is -1.75. The number of hydrazine groups is 1. The van der Waals surface area contributed by atoms with E-state index in [9.17, 15) is 4.79 Å². The standard InChI is InChI=1S/C18H30.2C17H29N.C17H15N.C16H13N.C9H8O.C7H10N2.C2H6O.2CH3.3ClH.I3.Li.Zr/c1-11-7-8-14-12(2)18-15-6-4-3-5-13(15)10-17(18)16(14)9-11;3*1-11-7-8-16-14(9-11)15-10-12-5-3-4-6-13(12)17(15)18(16)2;1-10-6-7-15-13(8-10)14-9-11-4-2-3-5-12(11)16(14)17-15;10-9-6-5-7-3-1-2-4-8(7)9;1-6-2-4-7(9-8)5-3-6;1-2-3;;;;;;1-3-2;;/h11-18H,3-10H2,1-2H3;2*11-17H,3-10H2,1-2H3;3-9H,10H2,1-2H3;2-8,17H,9H2,1H3;1-4H,5-6H2;2-5,9H,8H2,1H3;3H,2H2,1H3;2*1H3;3*1H;;;/q;;;;;;;;2*-1;;;;-1;+1;+4/p-2. The molecule has 22 atom stereocenters. The molecule has 16 heteroatoms. The van der Waals surface area contributed by atoms with Crippen LogP contribution in [0.3, 0.4) is 0 Å². The Morgan fingerprint density at radius 3 is 1.49 bits per heavy atom. The fourth-order valence-corrected chi connectivity index (χ4v) is 28.0. The zero-order valence-corrected chi connectivity index (χ0v) is 87.2. The van der Waals surface area contributed by atoms with E-state index in [1.54, 1.807) is 90.4 Å². The number of nitrogens with one attached hydrogen (secondary N) is 2. The number of ketones is 1. The maximum Gasteiger partial charge on any atom is 1.00 e. The van der Waals surface area contributed by atoms with Gasteiger partial charge >= 0.3 is 107 Å². The van der Waals surface area contributed by atoms with Crippen LogP contribution in [-0.2, 0) is 47.2 Å². The van der Waals surface area contributed by atoms with Crippen LogP contribution in [0.1, 0.15) is 250 Å². The van der Waals surface area contributed by atoms with Gasteiger partial charge in [-0.05, 0) is 309 Å². The number of halogens is 6. The van der Waals surface area contributed by atoms with Crippen molar-refractivity contribution in [3.63, 3.8) is 0 Å². The largest absolute Gasteiger partial charge is 1.00 e. The quantitative estimate of drug-likeness (QED) is 0.0429. The minimum absolute atomic E-state index is 0. The molecule has 2 aromatic heterocycles. The molecule has 22 unspecified atom stereocenters. The summed E-state index contributed by atoms with van der Waals surface area (Å²) in [7, 11) is 17.0. The Labute approximate surface area is 799 Å². The molecule has 8 nitrogen and oxygen atoms in total. The number of Topliss-reactive ketones (excluding diaryl/α,β-unsaturated/α-hetero) is 1. The number of aromatic amines is 1. The summed E-state index contributed by atoms with van der Waals surface area (Å²) in [6.45, 7) is 18.4. The van der Waals surface area contributed by atoms with Gasteiger partial charge in [0, 0.05) is 101 Å². The van der Waals surface area contributed by atoms with Crippen LogP contribution in [0.4, 0.5) is 5.69 Å². The molecule has 6 aromatic carbocycles. The molecule has 0 amide bonds. The molecular weight excluding hydrogens is 1960 g/mol. The van der Waals surface area contributed by atoms with Gasteiger partial charge < -0.3 is 34.9 Å². The second kappa shape index (κ2) is 47.4. The Balaban J connectivity index is 0.000000146. The van der Waals surface area contributed by atoms with Crippen LogP contribution in [0, 0.1) is 142 Å². The average molecular weight is 2110 g/mol. The minimum atomic E-state index is -0.826. The number of carbonyl (C=O) groups is 1. The Bertz CT molecular complexity index is 4420. The van der Waals surface area contributed by atoms with Crippen molar-refractivity contribution in [2.75, 3.05) is 26.1 Å². The summed E-state index contributed by atoms with van der Waals surface area (Å²) in [6.07, 6.45) is 40.8. The van der Waals surface area contributed by atoms with Gasteiger partial charge in [0.15, 0.2) is 5.78 Å². The number of aliphatic hydroxyl groups is 1. The summed E-state index contributed by atoms with van der Waals surface area (Å²) in [5.41, 5.74) is 23.5. The van der Waals surface area contributed by atoms with Crippen molar-refractivity contribution >= 4 is 99.9 Å². The number of carbonyl (C=O) groups excluding carboxylic acids is 1. The number of likely N-dealkylation sites (tertiary alicyclic amines) is 2. The summed E-state index contributed by atoms with van der Waals surface area (Å²) in [5, 5.41) is 10.4. The summed E-state index contributed by atoms with van der Waals surface area (Å²) < 4.78 is 2.34. The van der Waals surface area contributed by atoms with E-state index in [-0.39, 0.29) is 52.7 Å². The van der Waals surface area contributed by atoms with Crippen LogP contribution >= 0.6 is 66.7 Å². The number of hydrogen-bond acceptors (Lipinski definition) is 6. The van der Waals surface area contributed by atoms with Gasteiger partial charge in [0.1, 0.15) is 0 Å². The van der Waals surface area contributed by atoms with Gasteiger partial charge in [0.05, 0.1) is 11.4 Å². The van der Waals surface area contributed by atoms with Crippen LogP contribution in [0.25, 0.3) is 44.3 Å². The van der Waals surface area contributed by atoms with Crippen LogP contribution in [-0.4, -0.2) is 75.1 Å². The van der Waals surface area contributed by atoms with E-state index >= 15 is 0 Å². The molecule has 0 radical (unpaired) electrons. The molecular formula is C105H147Cl3I3LiN6O2Zr. The molecule has 12 fully saturated rings. The zero-order chi connectivity index (χ0) is 82.3. The Kier molecular flexibility index (Phi) is 39.7. The number of anilines is 1. The molecule has 4 heterocycles. The van der Waals surface area contributed by atoms with Crippen molar-refractivity contribution < 1.29 is 62.9 Å². The molecule has 10 saturated carbocycles. The van der Waals surface area contributed by atoms with Crippen molar-refractivity contribution in [2.45, 2.75) is 259 Å². The SMILES string of the molecule is CC1CCC2C(C)C3C4CCCCC4CC3C2C1.CC1CCC2C(C1)C1CC3CCCCC3C1N2C.CC1CCC2C(C1)C1CC3CCCCC3C1N2C.CCO.Cc1ccc(NN)cc1.Cc1ccc2[nH]c3c(c2c1)Cc1ccccc1-3.Cc1ccc2c(c1)c1c(n2C)-c2ccccc2C1.Cl.I[I-]I.O=C1CCc2ccccc21.[CH3-].[CH3-].[Cl][Zr+2][Cl].[Li+]. The van der Waals surface area contributed by atoms with Crippen molar-refractivity contribution in [3.05, 3.63) is 198 Å². The topological polar surface area (TPSA) is 103 Å². The molecule has 121 heavy (non-hydrogen) atoms. The van der Waals surface area contributed by atoms with Crippen LogP contribution < -0.4 is 43.4 Å². The normalized spacial score (nSPS) is 31.5. The number of nitrogen functional groups attached to an aromatic ring is 1. The smallest absolute Gasteiger partial charge is 1.00 e. The number of H-pyrrole nitrogens is 1. The van der Waals surface area contributed by atoms with Crippen LogP contribution in [0.2, 0.25) is 0 Å². The third-order valence-corrected chi connectivity index (χ3v) is 32.7. The molecule has 23 rings (SSSR count). The first-order valence-corrected chi connectivity index (χ1v) is 65.1. The molecule has 2 aliphatic heterocycles. The summed E-state index contributed by atoms with van der Waals surface area (Å²) in [6, 6.07) is 50.5. The van der Waals surface area contributed by atoms with E-state index in [2.05, 4.69) is 210 Å². The first-order chi connectivity index (χ1) is 56.8. The second-order valence-electron chi connectivity index (χ2n) is 39.3. The summed E-state index contributed by atoms with van der Waals surface area (Å²) in [5.74, 6) is 25.1. The molecule has 656 valence electrons. The predicted octanol–water partition coefficient (Wildman–Crippen LogP) is 22.7. The first kappa shape index (κ1) is 101. The van der Waals surface area contributed by atoms with Gasteiger partial charge in [0.2, 0.25) is 0 Å². The number of benzene rings is 6. The predicted molar refractivity (Wildman–Crippen MR) is 525 cm³/mol. The number of hydrogen-bond donors (Lipinski definition) is 4. The van der Waals surface area contributed by atoms with Crippen molar-refractivity contribution in [1.82, 2.24) is 19.4 Å². The fourth-order valence-electron chi connectivity index (χ4n) is 28.0. The van der Waals surface area contributed by atoms with Gasteiger partial charge in [-0.15, -0.1) is 12.4 Å².